The lowest BCUT2D eigenvalue weighted by molar-refractivity contribution is 1.08. The molecule has 0 radical (unpaired) electrons. The van der Waals surface area contributed by atoms with Crippen molar-refractivity contribution in [1.82, 2.24) is 9.97 Å². The highest BCUT2D eigenvalue weighted by Crippen LogP contribution is 2.23. The van der Waals surface area contributed by atoms with Gasteiger partial charge in [-0.2, -0.15) is 4.98 Å². The molecule has 0 saturated carbocycles. The summed E-state index contributed by atoms with van der Waals surface area (Å²) < 4.78 is 1.06. The van der Waals surface area contributed by atoms with Crippen LogP contribution < -0.4 is 16.6 Å². The van der Waals surface area contributed by atoms with Gasteiger partial charge < -0.3 is 5.32 Å². The number of aromatic nitrogens is 2. The van der Waals surface area contributed by atoms with Gasteiger partial charge in [0.2, 0.25) is 5.95 Å². The maximum Gasteiger partial charge on any atom is 0.239 e. The highest BCUT2D eigenvalue weighted by molar-refractivity contribution is 9.10. The molecule has 1 heterocycles. The number of nitrogens with one attached hydrogen (secondary N) is 2. The number of benzene rings is 2. The Hall–Kier alpha value is -2.18. The van der Waals surface area contributed by atoms with Crippen molar-refractivity contribution in [3.8, 4) is 0 Å². The number of rotatable bonds is 4. The van der Waals surface area contributed by atoms with Gasteiger partial charge in [0.15, 0.2) is 0 Å². The molecular weight excluding hydrogens is 330 g/mol. The Morgan fingerprint density at radius 1 is 1.00 bits per heavy atom. The molecule has 0 aliphatic carbocycles. The van der Waals surface area contributed by atoms with Gasteiger partial charge in [-0.05, 0) is 23.8 Å². The molecule has 0 aliphatic heterocycles. The predicted molar refractivity (Wildman–Crippen MR) is 88.8 cm³/mol. The largest absolute Gasteiger partial charge is 0.365 e. The van der Waals surface area contributed by atoms with Crippen LogP contribution in [0.4, 0.5) is 11.8 Å². The molecule has 0 spiro atoms. The summed E-state index contributed by atoms with van der Waals surface area (Å²) in [5.74, 6) is 6.58. The fourth-order valence-corrected chi connectivity index (χ4v) is 2.52. The van der Waals surface area contributed by atoms with Gasteiger partial charge in [0, 0.05) is 16.4 Å². The van der Waals surface area contributed by atoms with E-state index in [0.717, 1.165) is 26.8 Å². The van der Waals surface area contributed by atoms with Gasteiger partial charge in [-0.3, -0.25) is 5.43 Å². The number of anilines is 2. The smallest absolute Gasteiger partial charge is 0.239 e. The highest BCUT2D eigenvalue weighted by Gasteiger charge is 2.07. The van der Waals surface area contributed by atoms with Crippen LogP contribution in [0.1, 0.15) is 5.56 Å². The fraction of sp³-hybridized carbons (Fsp3) is 0.0667. The van der Waals surface area contributed by atoms with Crippen LogP contribution in [0.3, 0.4) is 0 Å². The minimum absolute atomic E-state index is 0.392. The first kappa shape index (κ1) is 13.8. The summed E-state index contributed by atoms with van der Waals surface area (Å²) in [6, 6.07) is 15.9. The molecule has 0 amide bonds. The zero-order valence-corrected chi connectivity index (χ0v) is 12.8. The third-order valence-electron chi connectivity index (χ3n) is 3.14. The summed E-state index contributed by atoms with van der Waals surface area (Å²) in [6.07, 6.45) is 0. The van der Waals surface area contributed by atoms with Crippen LogP contribution in [-0.2, 0) is 6.54 Å². The monoisotopic (exact) mass is 343 g/mol. The molecule has 6 heteroatoms. The van der Waals surface area contributed by atoms with Gasteiger partial charge in [0.1, 0.15) is 5.82 Å². The van der Waals surface area contributed by atoms with E-state index < -0.39 is 0 Å². The zero-order valence-electron chi connectivity index (χ0n) is 11.2. The van der Waals surface area contributed by atoms with Gasteiger partial charge in [-0.1, -0.05) is 46.3 Å². The van der Waals surface area contributed by atoms with Gasteiger partial charge in [0.25, 0.3) is 0 Å². The van der Waals surface area contributed by atoms with Gasteiger partial charge in [0.05, 0.1) is 5.52 Å². The van der Waals surface area contributed by atoms with Gasteiger partial charge in [-0.25, -0.2) is 10.8 Å². The average molecular weight is 344 g/mol. The van der Waals surface area contributed by atoms with E-state index in [1.165, 1.54) is 0 Å². The van der Waals surface area contributed by atoms with Gasteiger partial charge in [-0.15, -0.1) is 0 Å². The van der Waals surface area contributed by atoms with E-state index in [4.69, 9.17) is 5.84 Å². The molecule has 1 aromatic heterocycles. The number of nitrogen functional groups attached to an aromatic ring is 1. The molecule has 0 fully saturated rings. The molecule has 0 unspecified atom stereocenters. The maximum atomic E-state index is 5.43. The molecule has 2 aromatic carbocycles. The summed E-state index contributed by atoms with van der Waals surface area (Å²) in [4.78, 5) is 8.72. The first-order valence-corrected chi connectivity index (χ1v) is 7.28. The van der Waals surface area contributed by atoms with Crippen LogP contribution in [0.15, 0.2) is 53.0 Å². The van der Waals surface area contributed by atoms with Crippen molar-refractivity contribution >= 4 is 38.6 Å². The lowest BCUT2D eigenvalue weighted by atomic mass is 10.2. The molecule has 21 heavy (non-hydrogen) atoms. The molecule has 0 saturated heterocycles. The quantitative estimate of drug-likeness (QED) is 0.500. The van der Waals surface area contributed by atoms with E-state index in [1.807, 2.05) is 42.5 Å². The molecular formula is C15H14BrN5. The first-order valence-electron chi connectivity index (χ1n) is 6.48. The van der Waals surface area contributed by atoms with Crippen LogP contribution in [0.25, 0.3) is 10.9 Å². The number of hydrogen-bond donors (Lipinski definition) is 3. The van der Waals surface area contributed by atoms with Crippen molar-refractivity contribution in [3.05, 3.63) is 58.6 Å². The van der Waals surface area contributed by atoms with E-state index in [2.05, 4.69) is 42.7 Å². The second kappa shape index (κ2) is 6.07. The van der Waals surface area contributed by atoms with E-state index >= 15 is 0 Å². The average Bonchev–Trinajstić information content (AvgIpc) is 2.53. The SMILES string of the molecule is NNc1nc(NCc2ccccc2Br)c2ccccc2n1. The Morgan fingerprint density at radius 3 is 2.57 bits per heavy atom. The van der Waals surface area contributed by atoms with Crippen molar-refractivity contribution in [3.63, 3.8) is 0 Å². The highest BCUT2D eigenvalue weighted by atomic mass is 79.9. The number of nitrogens with two attached hydrogens (primary N) is 1. The van der Waals surface area contributed by atoms with Crippen molar-refractivity contribution in [1.29, 1.82) is 0 Å². The standard InChI is InChI=1S/C15H14BrN5/c16-12-7-3-1-5-10(12)9-18-14-11-6-2-4-8-13(11)19-15(20-14)21-17/h1-8H,9,17H2,(H2,18,19,20,21). The molecule has 5 nitrogen and oxygen atoms in total. The van der Waals surface area contributed by atoms with Crippen molar-refractivity contribution in [2.24, 2.45) is 5.84 Å². The van der Waals surface area contributed by atoms with Crippen molar-refractivity contribution in [2.45, 2.75) is 6.54 Å². The lowest BCUT2D eigenvalue weighted by Crippen LogP contribution is -2.12. The summed E-state index contributed by atoms with van der Waals surface area (Å²) in [5, 5.41) is 4.30. The number of nitrogens with zero attached hydrogens (tertiary/aromatic N) is 2. The van der Waals surface area contributed by atoms with E-state index in [-0.39, 0.29) is 0 Å². The summed E-state index contributed by atoms with van der Waals surface area (Å²) in [6.45, 7) is 0.659. The topological polar surface area (TPSA) is 75.9 Å². The number of para-hydroxylation sites is 1. The fourth-order valence-electron chi connectivity index (χ4n) is 2.10. The van der Waals surface area contributed by atoms with Crippen LogP contribution in [0, 0.1) is 0 Å². The third kappa shape index (κ3) is 2.96. The van der Waals surface area contributed by atoms with E-state index in [0.29, 0.717) is 12.5 Å². The molecule has 106 valence electrons. The Kier molecular flexibility index (Phi) is 3.98. The van der Waals surface area contributed by atoms with Crippen LogP contribution in [0.2, 0.25) is 0 Å². The number of hydrogen-bond acceptors (Lipinski definition) is 5. The normalized spacial score (nSPS) is 10.6. The molecule has 3 aromatic rings. The minimum Gasteiger partial charge on any atom is -0.365 e. The number of hydrazine groups is 1. The van der Waals surface area contributed by atoms with Crippen molar-refractivity contribution in [2.75, 3.05) is 10.7 Å². The molecule has 0 bridgehead atoms. The predicted octanol–water partition coefficient (Wildman–Crippen LogP) is 3.29. The van der Waals surface area contributed by atoms with Crippen LogP contribution >= 0.6 is 15.9 Å². The van der Waals surface area contributed by atoms with E-state index in [1.54, 1.807) is 0 Å². The zero-order chi connectivity index (χ0) is 14.7. The minimum atomic E-state index is 0.392. The molecule has 0 aliphatic rings. The van der Waals surface area contributed by atoms with Crippen LogP contribution in [0.5, 0.6) is 0 Å². The third-order valence-corrected chi connectivity index (χ3v) is 3.91. The molecule has 3 rings (SSSR count). The molecule has 0 atom stereocenters. The Bertz CT molecular complexity index is 775. The summed E-state index contributed by atoms with van der Waals surface area (Å²) in [5.41, 5.74) is 4.50. The Labute approximate surface area is 130 Å². The summed E-state index contributed by atoms with van der Waals surface area (Å²) in [7, 11) is 0. The first-order chi connectivity index (χ1) is 10.3. The van der Waals surface area contributed by atoms with Gasteiger partial charge >= 0.3 is 0 Å². The maximum absolute atomic E-state index is 5.43. The summed E-state index contributed by atoms with van der Waals surface area (Å²) >= 11 is 3.54. The second-order valence-electron chi connectivity index (χ2n) is 4.50. The Balaban J connectivity index is 1.94. The second-order valence-corrected chi connectivity index (χ2v) is 5.36. The molecule has 4 N–H and O–H groups in total. The lowest BCUT2D eigenvalue weighted by Gasteiger charge is -2.11. The van der Waals surface area contributed by atoms with E-state index in [9.17, 15) is 0 Å². The number of fused-ring (bicyclic) bond motifs is 1. The number of halogens is 1. The van der Waals surface area contributed by atoms with Crippen LogP contribution in [-0.4, -0.2) is 9.97 Å². The van der Waals surface area contributed by atoms with Crippen molar-refractivity contribution < 1.29 is 0 Å². The Morgan fingerprint density at radius 2 is 1.76 bits per heavy atom.